The van der Waals surface area contributed by atoms with E-state index in [1.54, 1.807) is 12.1 Å². The molecule has 2 unspecified atom stereocenters. The lowest BCUT2D eigenvalue weighted by Crippen LogP contribution is -2.27. The van der Waals surface area contributed by atoms with Crippen LogP contribution in [0.1, 0.15) is 44.0 Å². The minimum atomic E-state index is -1.06. The van der Waals surface area contributed by atoms with E-state index in [0.717, 1.165) is 6.42 Å². The first-order chi connectivity index (χ1) is 8.56. The van der Waals surface area contributed by atoms with Crippen molar-refractivity contribution in [3.8, 4) is 0 Å². The molecule has 0 amide bonds. The predicted molar refractivity (Wildman–Crippen MR) is 77.3 cm³/mol. The van der Waals surface area contributed by atoms with Gasteiger partial charge in [-0.25, -0.2) is 0 Å². The van der Waals surface area contributed by atoms with E-state index in [4.69, 9.17) is 0 Å². The number of Topliss-reactive ketones (excluding diaryl/α,β-unsaturated/α-hetero) is 1. The normalized spacial score (nSPS) is 14.4. The molecule has 2 atom stereocenters. The second-order valence-electron chi connectivity index (χ2n) is 4.89. The molecule has 0 bridgehead atoms. The monoisotopic (exact) mass is 266 g/mol. The SMILES string of the molecule is CCC(C(=O)c1ccccc1)S(=O)CCC(C)C. The Morgan fingerprint density at radius 1 is 1.22 bits per heavy atom. The summed E-state index contributed by atoms with van der Waals surface area (Å²) >= 11 is 0. The van der Waals surface area contributed by atoms with Crippen molar-refractivity contribution in [2.75, 3.05) is 5.75 Å². The third-order valence-corrected chi connectivity index (χ3v) is 4.76. The molecular weight excluding hydrogens is 244 g/mol. The molecule has 0 aliphatic heterocycles. The van der Waals surface area contributed by atoms with E-state index in [2.05, 4.69) is 13.8 Å². The summed E-state index contributed by atoms with van der Waals surface area (Å²) in [5, 5.41) is -0.355. The smallest absolute Gasteiger partial charge is 0.178 e. The van der Waals surface area contributed by atoms with Gasteiger partial charge in [0.2, 0.25) is 0 Å². The van der Waals surface area contributed by atoms with E-state index in [1.807, 2.05) is 25.1 Å². The van der Waals surface area contributed by atoms with E-state index in [0.29, 0.717) is 23.7 Å². The maximum Gasteiger partial charge on any atom is 0.178 e. The summed E-state index contributed by atoms with van der Waals surface area (Å²) in [6.07, 6.45) is 1.55. The zero-order valence-electron chi connectivity index (χ0n) is 11.4. The van der Waals surface area contributed by atoms with Gasteiger partial charge < -0.3 is 0 Å². The Morgan fingerprint density at radius 3 is 2.33 bits per heavy atom. The molecule has 0 aliphatic rings. The van der Waals surface area contributed by atoms with Crippen molar-refractivity contribution >= 4 is 16.6 Å². The van der Waals surface area contributed by atoms with E-state index in [-0.39, 0.29) is 11.0 Å². The van der Waals surface area contributed by atoms with Crippen molar-refractivity contribution in [1.82, 2.24) is 0 Å². The highest BCUT2D eigenvalue weighted by atomic mass is 32.2. The minimum absolute atomic E-state index is 0.0141. The van der Waals surface area contributed by atoms with Crippen molar-refractivity contribution in [2.24, 2.45) is 5.92 Å². The highest BCUT2D eigenvalue weighted by Crippen LogP contribution is 2.13. The summed E-state index contributed by atoms with van der Waals surface area (Å²) in [4.78, 5) is 12.3. The maximum absolute atomic E-state index is 12.3. The molecule has 0 radical (unpaired) electrons. The van der Waals surface area contributed by atoms with Crippen LogP contribution in [0.4, 0.5) is 0 Å². The van der Waals surface area contributed by atoms with Crippen LogP contribution in [0.5, 0.6) is 0 Å². The van der Waals surface area contributed by atoms with Crippen molar-refractivity contribution in [3.05, 3.63) is 35.9 Å². The summed E-state index contributed by atoms with van der Waals surface area (Å²) < 4.78 is 12.2. The zero-order chi connectivity index (χ0) is 13.5. The molecule has 3 heteroatoms. The Balaban J connectivity index is 2.71. The second-order valence-corrected chi connectivity index (χ2v) is 6.63. The largest absolute Gasteiger partial charge is 0.293 e. The van der Waals surface area contributed by atoms with Gasteiger partial charge in [-0.3, -0.25) is 9.00 Å². The molecule has 0 heterocycles. The first kappa shape index (κ1) is 15.1. The number of carbonyl (C=O) groups excluding carboxylic acids is 1. The average molecular weight is 266 g/mol. The van der Waals surface area contributed by atoms with Crippen molar-refractivity contribution < 1.29 is 9.00 Å². The van der Waals surface area contributed by atoms with Crippen LogP contribution in [0, 0.1) is 5.92 Å². The fourth-order valence-electron chi connectivity index (χ4n) is 1.77. The molecule has 0 spiro atoms. The Hall–Kier alpha value is -0.960. The van der Waals surface area contributed by atoms with Gasteiger partial charge in [0.1, 0.15) is 0 Å². The molecule has 0 saturated heterocycles. The predicted octanol–water partition coefficient (Wildman–Crippen LogP) is 3.44. The quantitative estimate of drug-likeness (QED) is 0.708. The molecule has 0 aliphatic carbocycles. The number of hydrogen-bond acceptors (Lipinski definition) is 2. The van der Waals surface area contributed by atoms with Crippen molar-refractivity contribution in [2.45, 2.75) is 38.9 Å². The maximum atomic E-state index is 12.3. The van der Waals surface area contributed by atoms with Crippen LogP contribution >= 0.6 is 0 Å². The standard InChI is InChI=1S/C15H22O2S/c1-4-14(18(17)11-10-12(2)3)15(16)13-8-6-5-7-9-13/h5-9,12,14H,4,10-11H2,1-3H3. The second kappa shape index (κ2) is 7.47. The van der Waals surface area contributed by atoms with Gasteiger partial charge in [-0.2, -0.15) is 0 Å². The van der Waals surface area contributed by atoms with Gasteiger partial charge in [-0.1, -0.05) is 51.1 Å². The van der Waals surface area contributed by atoms with Gasteiger partial charge >= 0.3 is 0 Å². The lowest BCUT2D eigenvalue weighted by Gasteiger charge is -2.14. The van der Waals surface area contributed by atoms with Gasteiger partial charge in [-0.15, -0.1) is 0 Å². The van der Waals surface area contributed by atoms with E-state index >= 15 is 0 Å². The van der Waals surface area contributed by atoms with E-state index in [1.165, 1.54) is 0 Å². The summed E-state index contributed by atoms with van der Waals surface area (Å²) in [6, 6.07) is 9.16. The first-order valence-electron chi connectivity index (χ1n) is 6.52. The molecule has 0 saturated carbocycles. The van der Waals surface area contributed by atoms with Gasteiger partial charge in [-0.05, 0) is 18.8 Å². The average Bonchev–Trinajstić information content (AvgIpc) is 2.38. The van der Waals surface area contributed by atoms with Gasteiger partial charge in [0.15, 0.2) is 5.78 Å². The third kappa shape index (κ3) is 4.37. The molecule has 2 nitrogen and oxygen atoms in total. The summed E-state index contributed by atoms with van der Waals surface area (Å²) in [7, 11) is -1.06. The molecular formula is C15H22O2S. The fraction of sp³-hybridized carbons (Fsp3) is 0.533. The summed E-state index contributed by atoms with van der Waals surface area (Å²) in [5.74, 6) is 1.16. The van der Waals surface area contributed by atoms with Gasteiger partial charge in [0.05, 0.1) is 5.25 Å². The molecule has 0 N–H and O–H groups in total. The Labute approximate surface area is 112 Å². The van der Waals surface area contributed by atoms with Crippen LogP contribution in [0.3, 0.4) is 0 Å². The molecule has 18 heavy (non-hydrogen) atoms. The summed E-state index contributed by atoms with van der Waals surface area (Å²) in [6.45, 7) is 6.15. The number of carbonyl (C=O) groups is 1. The number of ketones is 1. The molecule has 1 rings (SSSR count). The Bertz CT molecular complexity index is 398. The molecule has 100 valence electrons. The van der Waals surface area contributed by atoms with Crippen LogP contribution in [0.15, 0.2) is 30.3 Å². The fourth-order valence-corrected chi connectivity index (χ4v) is 3.51. The molecule has 0 fully saturated rings. The zero-order valence-corrected chi connectivity index (χ0v) is 12.2. The summed E-state index contributed by atoms with van der Waals surface area (Å²) in [5.41, 5.74) is 0.669. The lowest BCUT2D eigenvalue weighted by molar-refractivity contribution is 0.0986. The highest BCUT2D eigenvalue weighted by Gasteiger charge is 2.24. The van der Waals surface area contributed by atoms with E-state index in [9.17, 15) is 9.00 Å². The number of hydrogen-bond donors (Lipinski definition) is 0. The van der Waals surface area contributed by atoms with Crippen LogP contribution in [-0.4, -0.2) is 21.0 Å². The number of benzene rings is 1. The third-order valence-electron chi connectivity index (χ3n) is 2.94. The highest BCUT2D eigenvalue weighted by molar-refractivity contribution is 7.86. The minimum Gasteiger partial charge on any atom is -0.293 e. The molecule has 1 aromatic carbocycles. The van der Waals surface area contributed by atoms with Gasteiger partial charge in [0.25, 0.3) is 0 Å². The topological polar surface area (TPSA) is 34.1 Å². The molecule has 0 aromatic heterocycles. The van der Waals surface area contributed by atoms with Gasteiger partial charge in [0, 0.05) is 22.1 Å². The van der Waals surface area contributed by atoms with Crippen LogP contribution in [-0.2, 0) is 10.8 Å². The van der Waals surface area contributed by atoms with Crippen LogP contribution in [0.25, 0.3) is 0 Å². The van der Waals surface area contributed by atoms with Crippen molar-refractivity contribution in [3.63, 3.8) is 0 Å². The van der Waals surface area contributed by atoms with E-state index < -0.39 is 10.8 Å². The van der Waals surface area contributed by atoms with Crippen LogP contribution in [0.2, 0.25) is 0 Å². The van der Waals surface area contributed by atoms with Crippen molar-refractivity contribution in [1.29, 1.82) is 0 Å². The molecule has 1 aromatic rings. The first-order valence-corrected chi connectivity index (χ1v) is 7.90. The Kier molecular flexibility index (Phi) is 6.27. The number of rotatable bonds is 7. The lowest BCUT2D eigenvalue weighted by atomic mass is 10.1. The van der Waals surface area contributed by atoms with Crippen LogP contribution < -0.4 is 0 Å². The Morgan fingerprint density at radius 2 is 1.83 bits per heavy atom.